The number of hydrogen-bond acceptors (Lipinski definition) is 1. The van der Waals surface area contributed by atoms with Gasteiger partial charge in [-0.15, -0.1) is 6.58 Å². The van der Waals surface area contributed by atoms with Gasteiger partial charge < -0.3 is 5.32 Å². The molecule has 1 heteroatoms. The standard InChI is InChI=1S/C17H27N/c1-4-6-8-11-15(3)18-17-14-10-9-13-16(17)12-7-5-2/h4,9-10,13-15,18H,1,5-8,11-12H2,2-3H3. The molecule has 0 aromatic heterocycles. The van der Waals surface area contributed by atoms with Gasteiger partial charge in [-0.2, -0.15) is 0 Å². The van der Waals surface area contributed by atoms with Gasteiger partial charge in [0.15, 0.2) is 0 Å². The third kappa shape index (κ3) is 5.39. The minimum atomic E-state index is 0.535. The van der Waals surface area contributed by atoms with Crippen LogP contribution in [0, 0.1) is 0 Å². The van der Waals surface area contributed by atoms with Crippen LogP contribution in [0.1, 0.15) is 51.5 Å². The van der Waals surface area contributed by atoms with Crippen molar-refractivity contribution in [2.75, 3.05) is 5.32 Å². The summed E-state index contributed by atoms with van der Waals surface area (Å²) in [6.45, 7) is 8.28. The predicted molar refractivity (Wildman–Crippen MR) is 82.2 cm³/mol. The molecule has 1 unspecified atom stereocenters. The van der Waals surface area contributed by atoms with Crippen molar-refractivity contribution in [3.8, 4) is 0 Å². The fourth-order valence-corrected chi connectivity index (χ4v) is 2.15. The maximum Gasteiger partial charge on any atom is 0.0374 e. The monoisotopic (exact) mass is 245 g/mol. The Kier molecular flexibility index (Phi) is 7.24. The average Bonchev–Trinajstić information content (AvgIpc) is 2.38. The highest BCUT2D eigenvalue weighted by atomic mass is 14.9. The summed E-state index contributed by atoms with van der Waals surface area (Å²) in [6, 6.07) is 9.24. The first-order valence-electron chi connectivity index (χ1n) is 7.23. The molecule has 0 saturated heterocycles. The molecule has 18 heavy (non-hydrogen) atoms. The van der Waals surface area contributed by atoms with Gasteiger partial charge in [0.1, 0.15) is 0 Å². The fourth-order valence-electron chi connectivity index (χ4n) is 2.15. The molecule has 1 rings (SSSR count). The Balaban J connectivity index is 2.51. The molecule has 0 aliphatic heterocycles. The Labute approximate surface area is 112 Å². The van der Waals surface area contributed by atoms with Crippen LogP contribution in [-0.2, 0) is 6.42 Å². The van der Waals surface area contributed by atoms with Gasteiger partial charge >= 0.3 is 0 Å². The van der Waals surface area contributed by atoms with Gasteiger partial charge in [0.05, 0.1) is 0 Å². The van der Waals surface area contributed by atoms with Crippen LogP contribution in [0.3, 0.4) is 0 Å². The van der Waals surface area contributed by atoms with Crippen LogP contribution in [0.5, 0.6) is 0 Å². The maximum atomic E-state index is 3.77. The first-order valence-corrected chi connectivity index (χ1v) is 7.23. The second-order valence-corrected chi connectivity index (χ2v) is 5.03. The molecule has 0 saturated carbocycles. The van der Waals surface area contributed by atoms with E-state index in [1.807, 2.05) is 6.08 Å². The molecule has 100 valence electrons. The lowest BCUT2D eigenvalue weighted by atomic mass is 10.0. The Morgan fingerprint density at radius 1 is 1.28 bits per heavy atom. The number of hydrogen-bond donors (Lipinski definition) is 1. The Morgan fingerprint density at radius 3 is 2.78 bits per heavy atom. The smallest absolute Gasteiger partial charge is 0.0374 e. The Hall–Kier alpha value is -1.24. The van der Waals surface area contributed by atoms with E-state index in [0.717, 1.165) is 6.42 Å². The van der Waals surface area contributed by atoms with Gasteiger partial charge in [-0.1, -0.05) is 37.6 Å². The van der Waals surface area contributed by atoms with E-state index in [-0.39, 0.29) is 0 Å². The quantitative estimate of drug-likeness (QED) is 0.466. The third-order valence-corrected chi connectivity index (χ3v) is 3.26. The Bertz CT molecular complexity index is 343. The summed E-state index contributed by atoms with van der Waals surface area (Å²) < 4.78 is 0. The molecule has 1 atom stereocenters. The number of benzene rings is 1. The maximum absolute atomic E-state index is 3.77. The number of para-hydroxylation sites is 1. The van der Waals surface area contributed by atoms with Crippen molar-refractivity contribution in [3.63, 3.8) is 0 Å². The minimum Gasteiger partial charge on any atom is -0.382 e. The van der Waals surface area contributed by atoms with Gasteiger partial charge in [0.25, 0.3) is 0 Å². The van der Waals surface area contributed by atoms with E-state index in [9.17, 15) is 0 Å². The van der Waals surface area contributed by atoms with Gasteiger partial charge in [-0.3, -0.25) is 0 Å². The molecular formula is C17H27N. The largest absolute Gasteiger partial charge is 0.382 e. The molecule has 0 spiro atoms. The number of aryl methyl sites for hydroxylation is 1. The zero-order valence-corrected chi connectivity index (χ0v) is 11.9. The SMILES string of the molecule is C=CCCCC(C)Nc1ccccc1CCCC. The molecule has 1 nitrogen and oxygen atoms in total. The predicted octanol–water partition coefficient (Wildman–Crippen LogP) is 5.19. The molecule has 0 aliphatic carbocycles. The van der Waals surface area contributed by atoms with E-state index in [4.69, 9.17) is 0 Å². The van der Waals surface area contributed by atoms with Crippen LogP contribution < -0.4 is 5.32 Å². The molecular weight excluding hydrogens is 218 g/mol. The summed E-state index contributed by atoms with van der Waals surface area (Å²) in [5.41, 5.74) is 2.77. The van der Waals surface area contributed by atoms with Crippen molar-refractivity contribution in [2.24, 2.45) is 0 Å². The lowest BCUT2D eigenvalue weighted by Crippen LogP contribution is -2.16. The highest BCUT2D eigenvalue weighted by molar-refractivity contribution is 5.51. The molecule has 0 aliphatic rings. The summed E-state index contributed by atoms with van der Waals surface area (Å²) in [7, 11) is 0. The van der Waals surface area contributed by atoms with E-state index in [2.05, 4.69) is 50.0 Å². The van der Waals surface area contributed by atoms with E-state index < -0.39 is 0 Å². The van der Waals surface area contributed by atoms with Gasteiger partial charge in [-0.05, 0) is 50.7 Å². The van der Waals surface area contributed by atoms with Crippen molar-refractivity contribution < 1.29 is 0 Å². The van der Waals surface area contributed by atoms with Crippen LogP contribution >= 0.6 is 0 Å². The lowest BCUT2D eigenvalue weighted by molar-refractivity contribution is 0.662. The summed E-state index contributed by atoms with van der Waals surface area (Å²) in [4.78, 5) is 0. The lowest BCUT2D eigenvalue weighted by Gasteiger charge is -2.18. The Morgan fingerprint density at radius 2 is 2.06 bits per heavy atom. The van der Waals surface area contributed by atoms with Crippen LogP contribution in [0.2, 0.25) is 0 Å². The van der Waals surface area contributed by atoms with Crippen LogP contribution in [0.4, 0.5) is 5.69 Å². The topological polar surface area (TPSA) is 12.0 Å². The van der Waals surface area contributed by atoms with Crippen molar-refractivity contribution >= 4 is 5.69 Å². The van der Waals surface area contributed by atoms with E-state index in [1.54, 1.807) is 0 Å². The first kappa shape index (κ1) is 14.8. The number of allylic oxidation sites excluding steroid dienone is 1. The minimum absolute atomic E-state index is 0.535. The summed E-state index contributed by atoms with van der Waals surface area (Å²) in [6.07, 6.45) is 9.24. The normalized spacial score (nSPS) is 12.1. The fraction of sp³-hybridized carbons (Fsp3) is 0.529. The number of nitrogens with one attached hydrogen (secondary N) is 1. The van der Waals surface area contributed by atoms with Crippen LogP contribution in [-0.4, -0.2) is 6.04 Å². The van der Waals surface area contributed by atoms with Crippen molar-refractivity contribution in [1.29, 1.82) is 0 Å². The number of rotatable bonds is 9. The molecule has 0 heterocycles. The van der Waals surface area contributed by atoms with E-state index in [1.165, 1.54) is 43.4 Å². The molecule has 1 N–H and O–H groups in total. The van der Waals surface area contributed by atoms with Gasteiger partial charge in [0, 0.05) is 11.7 Å². The average molecular weight is 245 g/mol. The van der Waals surface area contributed by atoms with E-state index in [0.29, 0.717) is 6.04 Å². The summed E-state index contributed by atoms with van der Waals surface area (Å²) in [5.74, 6) is 0. The highest BCUT2D eigenvalue weighted by Gasteiger charge is 2.05. The molecule has 0 fully saturated rings. The number of unbranched alkanes of at least 4 members (excludes halogenated alkanes) is 2. The summed E-state index contributed by atoms with van der Waals surface area (Å²) in [5, 5.41) is 3.64. The molecule has 0 amide bonds. The summed E-state index contributed by atoms with van der Waals surface area (Å²) >= 11 is 0. The molecule has 0 bridgehead atoms. The van der Waals surface area contributed by atoms with Crippen molar-refractivity contribution in [3.05, 3.63) is 42.5 Å². The van der Waals surface area contributed by atoms with E-state index >= 15 is 0 Å². The first-order chi connectivity index (χ1) is 8.77. The molecule has 1 aromatic carbocycles. The second kappa shape index (κ2) is 8.79. The molecule has 1 aromatic rings. The highest BCUT2D eigenvalue weighted by Crippen LogP contribution is 2.19. The van der Waals surface area contributed by atoms with Crippen LogP contribution in [0.25, 0.3) is 0 Å². The van der Waals surface area contributed by atoms with Crippen molar-refractivity contribution in [1.82, 2.24) is 0 Å². The zero-order valence-electron chi connectivity index (χ0n) is 11.9. The van der Waals surface area contributed by atoms with Gasteiger partial charge in [-0.25, -0.2) is 0 Å². The van der Waals surface area contributed by atoms with Crippen LogP contribution in [0.15, 0.2) is 36.9 Å². The molecule has 0 radical (unpaired) electrons. The van der Waals surface area contributed by atoms with Gasteiger partial charge in [0.2, 0.25) is 0 Å². The second-order valence-electron chi connectivity index (χ2n) is 5.03. The third-order valence-electron chi connectivity index (χ3n) is 3.26. The number of anilines is 1. The zero-order chi connectivity index (χ0) is 13.2. The van der Waals surface area contributed by atoms with Crippen molar-refractivity contribution in [2.45, 2.75) is 58.4 Å².